The molecular weight excluding hydrogens is 563 g/mol. The van der Waals surface area contributed by atoms with Crippen LogP contribution in [0.1, 0.15) is 110 Å². The fraction of sp³-hybridized carbons (Fsp3) is 1.00. The van der Waals surface area contributed by atoms with Gasteiger partial charge in [0.15, 0.2) is 0 Å². The number of hydrogen-bond donors (Lipinski definition) is 2. The second kappa shape index (κ2) is 20.6. The van der Waals surface area contributed by atoms with Gasteiger partial charge in [-0.2, -0.15) is 16.8 Å². The summed E-state index contributed by atoms with van der Waals surface area (Å²) >= 11 is 19.3. The fourth-order valence-electron chi connectivity index (χ4n) is 3.78. The molecule has 0 radical (unpaired) electrons. The lowest BCUT2D eigenvalue weighted by molar-refractivity contribution is 0.164. The second-order valence-electron chi connectivity index (χ2n) is 8.92. The van der Waals surface area contributed by atoms with Crippen LogP contribution in [-0.2, 0) is 29.2 Å². The van der Waals surface area contributed by atoms with E-state index >= 15 is 0 Å². The van der Waals surface area contributed by atoms with Crippen LogP contribution >= 0.6 is 34.8 Å². The minimum absolute atomic E-state index is 0.00291. The smallest absolute Gasteiger partial charge is 0.264 e. The zero-order valence-electron chi connectivity index (χ0n) is 20.6. The van der Waals surface area contributed by atoms with Crippen molar-refractivity contribution in [2.45, 2.75) is 132 Å². The number of unbranched alkanes of at least 4 members (excludes halogenated alkanes) is 11. The number of hydrogen-bond acceptors (Lipinski definition) is 6. The van der Waals surface area contributed by atoms with Crippen LogP contribution in [0.2, 0.25) is 0 Å². The van der Waals surface area contributed by atoms with Gasteiger partial charge in [-0.05, 0) is 25.7 Å². The number of rotatable bonds is 24. The molecule has 0 heterocycles. The summed E-state index contributed by atoms with van der Waals surface area (Å²) in [6.45, 7) is 2.12. The molecule has 0 bridgehead atoms. The van der Waals surface area contributed by atoms with Crippen LogP contribution in [-0.4, -0.2) is 54.8 Å². The van der Waals surface area contributed by atoms with Crippen LogP contribution < -0.4 is 0 Å². The summed E-state index contributed by atoms with van der Waals surface area (Å²) in [6.07, 6.45) is 13.1. The summed E-state index contributed by atoms with van der Waals surface area (Å²) in [5.74, 6) is 0. The molecule has 2 N–H and O–H groups in total. The molecule has 0 aromatic rings. The van der Waals surface area contributed by atoms with E-state index in [4.69, 9.17) is 48.1 Å². The Hall–Kier alpha value is 0.610. The van der Waals surface area contributed by atoms with E-state index in [2.05, 4.69) is 11.1 Å². The van der Waals surface area contributed by atoms with Gasteiger partial charge in [-0.25, -0.2) is 8.37 Å². The van der Waals surface area contributed by atoms with Gasteiger partial charge in [0.05, 0.1) is 17.4 Å². The fourth-order valence-corrected chi connectivity index (χ4v) is 6.12. The predicted molar refractivity (Wildman–Crippen MR) is 142 cm³/mol. The highest BCUT2D eigenvalue weighted by molar-refractivity contribution is 7.81. The predicted octanol–water partition coefficient (Wildman–Crippen LogP) is 7.08. The lowest BCUT2D eigenvalue weighted by atomic mass is 10.0. The van der Waals surface area contributed by atoms with Crippen molar-refractivity contribution >= 4 is 55.6 Å². The van der Waals surface area contributed by atoms with Crippen molar-refractivity contribution in [2.24, 2.45) is 0 Å². The molecule has 0 unspecified atom stereocenters. The summed E-state index contributed by atoms with van der Waals surface area (Å²) in [5, 5.41) is -1.66. The van der Waals surface area contributed by atoms with Crippen molar-refractivity contribution in [1.29, 1.82) is 0 Å². The zero-order valence-corrected chi connectivity index (χ0v) is 24.5. The molecule has 0 aliphatic heterocycles. The Morgan fingerprint density at radius 2 is 1.14 bits per heavy atom. The Kier molecular flexibility index (Phi) is 20.9. The molecule has 0 amide bonds. The molecular formula is C22H43Cl3O8S2. The van der Waals surface area contributed by atoms with E-state index in [1.807, 2.05) is 0 Å². The molecule has 0 saturated heterocycles. The molecule has 0 aromatic heterocycles. The average molecular weight is 606 g/mol. The van der Waals surface area contributed by atoms with Gasteiger partial charge in [0, 0.05) is 5.38 Å². The van der Waals surface area contributed by atoms with Gasteiger partial charge in [-0.15, -0.1) is 34.8 Å². The van der Waals surface area contributed by atoms with Crippen molar-refractivity contribution in [3.63, 3.8) is 0 Å². The molecule has 0 fully saturated rings. The molecule has 212 valence electrons. The third kappa shape index (κ3) is 23.5. The maximum atomic E-state index is 11.3. The van der Waals surface area contributed by atoms with Crippen LogP contribution in [0.25, 0.3) is 0 Å². The van der Waals surface area contributed by atoms with E-state index in [-0.39, 0.29) is 12.0 Å². The number of halogens is 3. The van der Waals surface area contributed by atoms with Gasteiger partial charge in [-0.3, -0.25) is 9.11 Å². The minimum atomic E-state index is -4.69. The third-order valence-electron chi connectivity index (χ3n) is 5.65. The highest BCUT2D eigenvalue weighted by Crippen LogP contribution is 2.28. The van der Waals surface area contributed by atoms with Crippen LogP contribution in [0.4, 0.5) is 0 Å². The van der Waals surface area contributed by atoms with Gasteiger partial charge in [0.25, 0.3) is 0 Å². The van der Waals surface area contributed by atoms with E-state index in [1.165, 1.54) is 0 Å². The van der Waals surface area contributed by atoms with E-state index in [1.54, 1.807) is 0 Å². The quantitative estimate of drug-likeness (QED) is 0.0679. The number of alkyl halides is 3. The molecule has 35 heavy (non-hydrogen) atoms. The van der Waals surface area contributed by atoms with E-state index in [0.717, 1.165) is 83.5 Å². The molecule has 8 nitrogen and oxygen atoms in total. The topological polar surface area (TPSA) is 127 Å². The molecule has 0 spiro atoms. The van der Waals surface area contributed by atoms with E-state index < -0.39 is 37.7 Å². The molecule has 0 aromatic carbocycles. The van der Waals surface area contributed by atoms with Gasteiger partial charge < -0.3 is 0 Å². The first kappa shape index (κ1) is 35.6. The van der Waals surface area contributed by atoms with E-state index in [9.17, 15) is 16.8 Å². The van der Waals surface area contributed by atoms with Gasteiger partial charge in [0.1, 0.15) is 6.10 Å². The Labute approximate surface area is 227 Å². The average Bonchev–Trinajstić information content (AvgIpc) is 2.74. The Bertz CT molecular complexity index is 722. The summed E-state index contributed by atoms with van der Waals surface area (Å²) < 4.78 is 70.2. The lowest BCUT2D eigenvalue weighted by Crippen LogP contribution is -2.37. The first-order valence-electron chi connectivity index (χ1n) is 12.6. The van der Waals surface area contributed by atoms with Gasteiger partial charge in [-0.1, -0.05) is 84.0 Å². The molecule has 0 rings (SSSR count). The summed E-state index contributed by atoms with van der Waals surface area (Å²) in [7, 11) is -9.03. The van der Waals surface area contributed by atoms with Crippen LogP contribution in [0.5, 0.6) is 0 Å². The second-order valence-corrected chi connectivity index (χ2v) is 12.8. The SMILES string of the molecule is CCCCCCC[C@@H](Cl)[C@@H](OS(=O)(=O)O)[C@H](Cl)C[C@@H](Cl)CCCCCCCCCCOS(=O)(=O)O. The largest absolute Gasteiger partial charge is 0.397 e. The van der Waals surface area contributed by atoms with Crippen molar-refractivity contribution in [3.8, 4) is 0 Å². The first-order valence-corrected chi connectivity index (χ1v) is 16.6. The van der Waals surface area contributed by atoms with Gasteiger partial charge in [0.2, 0.25) is 0 Å². The lowest BCUT2D eigenvalue weighted by Gasteiger charge is -2.26. The van der Waals surface area contributed by atoms with Crippen molar-refractivity contribution in [2.75, 3.05) is 6.61 Å². The molecule has 0 aliphatic carbocycles. The molecule has 4 atom stereocenters. The molecule has 0 aliphatic rings. The maximum Gasteiger partial charge on any atom is 0.397 e. The van der Waals surface area contributed by atoms with Crippen LogP contribution in [0.15, 0.2) is 0 Å². The standard InChI is InChI=1S/C22H43Cl3O8S2/c1-2-3-4-9-13-16-20(24)22(33-35(29,30)31)21(25)18-19(23)15-12-10-7-5-6-8-11-14-17-32-34(26,27)28/h19-22H,2-18H2,1H3,(H,26,27,28)(H,29,30,31)/t19-,20+,21+,22+/m0/s1. The highest BCUT2D eigenvalue weighted by atomic mass is 35.5. The molecule has 0 saturated carbocycles. The van der Waals surface area contributed by atoms with Gasteiger partial charge >= 0.3 is 20.8 Å². The normalized spacial score (nSPS) is 16.2. The Morgan fingerprint density at radius 3 is 1.66 bits per heavy atom. The maximum absolute atomic E-state index is 11.3. The summed E-state index contributed by atoms with van der Waals surface area (Å²) in [5.41, 5.74) is 0. The summed E-state index contributed by atoms with van der Waals surface area (Å²) in [4.78, 5) is 0. The van der Waals surface area contributed by atoms with Crippen molar-refractivity contribution in [1.82, 2.24) is 0 Å². The third-order valence-corrected chi connectivity index (χ3v) is 7.87. The van der Waals surface area contributed by atoms with Crippen molar-refractivity contribution < 1.29 is 34.3 Å². The van der Waals surface area contributed by atoms with Crippen LogP contribution in [0.3, 0.4) is 0 Å². The minimum Gasteiger partial charge on any atom is -0.264 e. The summed E-state index contributed by atoms with van der Waals surface area (Å²) in [6, 6.07) is 0. The van der Waals surface area contributed by atoms with Crippen molar-refractivity contribution in [3.05, 3.63) is 0 Å². The zero-order chi connectivity index (χ0) is 26.7. The Morgan fingerprint density at radius 1 is 0.657 bits per heavy atom. The van der Waals surface area contributed by atoms with E-state index in [0.29, 0.717) is 19.3 Å². The highest BCUT2D eigenvalue weighted by Gasteiger charge is 2.33. The monoisotopic (exact) mass is 604 g/mol. The van der Waals surface area contributed by atoms with Crippen LogP contribution in [0, 0.1) is 0 Å². The molecule has 13 heteroatoms. The first-order chi connectivity index (χ1) is 16.4. The Balaban J connectivity index is 4.13.